The van der Waals surface area contributed by atoms with Gasteiger partial charge < -0.3 is 10.1 Å². The molecule has 0 radical (unpaired) electrons. The number of amides is 1. The van der Waals surface area contributed by atoms with Crippen molar-refractivity contribution in [3.63, 3.8) is 0 Å². The predicted molar refractivity (Wildman–Crippen MR) is 93.8 cm³/mol. The summed E-state index contributed by atoms with van der Waals surface area (Å²) in [5, 5.41) is 2.93. The molecular formula is C19H23FN2O2. The van der Waals surface area contributed by atoms with Crippen LogP contribution < -0.4 is 10.1 Å². The number of anilines is 1. The van der Waals surface area contributed by atoms with Crippen molar-refractivity contribution in [2.75, 3.05) is 32.1 Å². The van der Waals surface area contributed by atoms with Gasteiger partial charge in [0.25, 0.3) is 0 Å². The third-order valence-corrected chi connectivity index (χ3v) is 3.65. The Bertz CT molecular complexity index is 676. The molecule has 24 heavy (non-hydrogen) atoms. The fourth-order valence-electron chi connectivity index (χ4n) is 2.34. The molecule has 2 rings (SSSR count). The van der Waals surface area contributed by atoms with Gasteiger partial charge in [-0.15, -0.1) is 0 Å². The number of rotatable bonds is 8. The van der Waals surface area contributed by atoms with E-state index in [4.69, 9.17) is 4.74 Å². The zero-order valence-corrected chi connectivity index (χ0v) is 14.1. The summed E-state index contributed by atoms with van der Waals surface area (Å²) in [4.78, 5) is 14.0. The Morgan fingerprint density at radius 1 is 1.17 bits per heavy atom. The first-order valence-electron chi connectivity index (χ1n) is 8.03. The fraction of sp³-hybridized carbons (Fsp3) is 0.316. The molecule has 128 valence electrons. The second-order valence-electron chi connectivity index (χ2n) is 5.58. The van der Waals surface area contributed by atoms with Gasteiger partial charge in [0, 0.05) is 12.2 Å². The molecule has 0 aromatic heterocycles. The number of nitrogens with zero attached hydrogens (tertiary/aromatic N) is 1. The zero-order chi connectivity index (χ0) is 17.4. The molecule has 1 amide bonds. The minimum Gasteiger partial charge on any atom is -0.489 e. The van der Waals surface area contributed by atoms with Crippen molar-refractivity contribution in [1.29, 1.82) is 0 Å². The molecule has 4 nitrogen and oxygen atoms in total. The Hall–Kier alpha value is -2.40. The summed E-state index contributed by atoms with van der Waals surface area (Å²) in [7, 11) is 1.83. The van der Waals surface area contributed by atoms with Crippen LogP contribution in [0.4, 0.5) is 10.1 Å². The van der Waals surface area contributed by atoms with E-state index in [9.17, 15) is 9.18 Å². The highest BCUT2D eigenvalue weighted by atomic mass is 19.1. The van der Waals surface area contributed by atoms with Crippen molar-refractivity contribution in [2.45, 2.75) is 13.3 Å². The third kappa shape index (κ3) is 5.35. The molecule has 0 saturated heterocycles. The monoisotopic (exact) mass is 330 g/mol. The molecule has 0 atom stereocenters. The highest BCUT2D eigenvalue weighted by Gasteiger charge is 2.09. The molecule has 0 spiro atoms. The Labute approximate surface area is 142 Å². The quantitative estimate of drug-likeness (QED) is 0.807. The van der Waals surface area contributed by atoms with Crippen LogP contribution in [0.5, 0.6) is 5.75 Å². The van der Waals surface area contributed by atoms with Crippen LogP contribution in [0, 0.1) is 5.82 Å². The summed E-state index contributed by atoms with van der Waals surface area (Å²) in [5.74, 6) is -0.231. The Morgan fingerprint density at radius 2 is 1.88 bits per heavy atom. The van der Waals surface area contributed by atoms with Gasteiger partial charge >= 0.3 is 0 Å². The van der Waals surface area contributed by atoms with E-state index in [1.54, 1.807) is 18.2 Å². The van der Waals surface area contributed by atoms with Gasteiger partial charge in [-0.25, -0.2) is 4.39 Å². The van der Waals surface area contributed by atoms with Gasteiger partial charge in [-0.3, -0.25) is 9.69 Å². The van der Waals surface area contributed by atoms with Crippen LogP contribution in [0.1, 0.15) is 12.5 Å². The largest absolute Gasteiger partial charge is 0.489 e. The van der Waals surface area contributed by atoms with Crippen LogP contribution in [-0.2, 0) is 11.2 Å². The minimum absolute atomic E-state index is 0.0794. The normalized spacial score (nSPS) is 10.7. The van der Waals surface area contributed by atoms with E-state index in [0.717, 1.165) is 17.7 Å². The molecular weight excluding hydrogens is 307 g/mol. The van der Waals surface area contributed by atoms with Crippen molar-refractivity contribution >= 4 is 11.6 Å². The third-order valence-electron chi connectivity index (χ3n) is 3.65. The molecule has 0 aliphatic heterocycles. The molecule has 0 aliphatic rings. The number of hydrogen-bond donors (Lipinski definition) is 1. The van der Waals surface area contributed by atoms with Gasteiger partial charge in [0.1, 0.15) is 6.61 Å². The van der Waals surface area contributed by atoms with Crippen molar-refractivity contribution in [1.82, 2.24) is 4.90 Å². The number of para-hydroxylation sites is 2. The fourth-order valence-corrected chi connectivity index (χ4v) is 2.34. The molecule has 0 heterocycles. The molecule has 1 N–H and O–H groups in total. The summed E-state index contributed by atoms with van der Waals surface area (Å²) in [5.41, 5.74) is 1.96. The van der Waals surface area contributed by atoms with E-state index in [0.29, 0.717) is 13.2 Å². The van der Waals surface area contributed by atoms with Gasteiger partial charge in [0.2, 0.25) is 5.91 Å². The van der Waals surface area contributed by atoms with Crippen molar-refractivity contribution in [3.05, 3.63) is 59.9 Å². The van der Waals surface area contributed by atoms with E-state index in [2.05, 4.69) is 12.2 Å². The van der Waals surface area contributed by atoms with E-state index >= 15 is 0 Å². The number of nitrogens with one attached hydrogen (secondary N) is 1. The lowest BCUT2D eigenvalue weighted by atomic mass is 10.1. The number of carbonyl (C=O) groups excluding carboxylic acids is 1. The van der Waals surface area contributed by atoms with E-state index in [1.165, 1.54) is 6.07 Å². The maximum atomic E-state index is 13.4. The molecule has 0 saturated carbocycles. The summed E-state index contributed by atoms with van der Waals surface area (Å²) >= 11 is 0. The van der Waals surface area contributed by atoms with Crippen molar-refractivity contribution in [2.24, 2.45) is 0 Å². The van der Waals surface area contributed by atoms with E-state index in [1.807, 2.05) is 36.2 Å². The summed E-state index contributed by atoms with van der Waals surface area (Å²) in [6, 6.07) is 14.1. The van der Waals surface area contributed by atoms with Crippen LogP contribution in [0.15, 0.2) is 48.5 Å². The molecule has 0 aliphatic carbocycles. The molecule has 0 unspecified atom stereocenters. The van der Waals surface area contributed by atoms with Gasteiger partial charge in [0.15, 0.2) is 11.6 Å². The summed E-state index contributed by atoms with van der Waals surface area (Å²) < 4.78 is 18.8. The smallest absolute Gasteiger partial charge is 0.238 e. The number of aryl methyl sites for hydroxylation is 1. The van der Waals surface area contributed by atoms with Crippen molar-refractivity contribution < 1.29 is 13.9 Å². The maximum absolute atomic E-state index is 13.4. The first-order chi connectivity index (χ1) is 11.6. The van der Waals surface area contributed by atoms with Crippen LogP contribution in [0.25, 0.3) is 0 Å². The lowest BCUT2D eigenvalue weighted by Crippen LogP contribution is -2.33. The molecule has 2 aromatic carbocycles. The first kappa shape index (κ1) is 17.9. The average Bonchev–Trinajstić information content (AvgIpc) is 2.57. The van der Waals surface area contributed by atoms with E-state index in [-0.39, 0.29) is 24.0 Å². The maximum Gasteiger partial charge on any atom is 0.238 e. The van der Waals surface area contributed by atoms with Crippen LogP contribution in [0.3, 0.4) is 0 Å². The highest BCUT2D eigenvalue weighted by molar-refractivity contribution is 5.92. The second kappa shape index (κ2) is 9.03. The number of benzene rings is 2. The number of halogens is 1. The summed E-state index contributed by atoms with van der Waals surface area (Å²) in [6.45, 7) is 3.14. The lowest BCUT2D eigenvalue weighted by molar-refractivity contribution is -0.117. The Kier molecular flexibility index (Phi) is 6.75. The topological polar surface area (TPSA) is 41.6 Å². The molecule has 2 aromatic rings. The van der Waals surface area contributed by atoms with Crippen molar-refractivity contribution in [3.8, 4) is 5.75 Å². The Balaban J connectivity index is 1.76. The predicted octanol–water partition coefficient (Wildman–Crippen LogP) is 3.34. The summed E-state index contributed by atoms with van der Waals surface area (Å²) in [6.07, 6.45) is 0.864. The van der Waals surface area contributed by atoms with Gasteiger partial charge in [0.05, 0.1) is 6.54 Å². The molecule has 0 fully saturated rings. The van der Waals surface area contributed by atoms with Crippen LogP contribution in [0.2, 0.25) is 0 Å². The minimum atomic E-state index is -0.380. The lowest BCUT2D eigenvalue weighted by Gasteiger charge is -2.17. The number of carbonyl (C=O) groups is 1. The van der Waals surface area contributed by atoms with Gasteiger partial charge in [-0.1, -0.05) is 37.3 Å². The SMILES string of the molecule is CCc1ccccc1NC(=O)CN(C)CCOc1ccccc1F. The average molecular weight is 330 g/mol. The number of likely N-dealkylation sites (N-methyl/N-ethyl adjacent to an activating group) is 1. The highest BCUT2D eigenvalue weighted by Crippen LogP contribution is 2.16. The second-order valence-corrected chi connectivity index (χ2v) is 5.58. The van der Waals surface area contributed by atoms with Gasteiger partial charge in [-0.2, -0.15) is 0 Å². The standard InChI is InChI=1S/C19H23FN2O2/c1-3-15-8-4-6-10-17(15)21-19(23)14-22(2)12-13-24-18-11-7-5-9-16(18)20/h4-11H,3,12-14H2,1-2H3,(H,21,23). The molecule has 5 heteroatoms. The zero-order valence-electron chi connectivity index (χ0n) is 14.1. The van der Waals surface area contributed by atoms with Gasteiger partial charge in [-0.05, 0) is 37.2 Å². The first-order valence-corrected chi connectivity index (χ1v) is 8.03. The number of ether oxygens (including phenoxy) is 1. The Morgan fingerprint density at radius 3 is 2.62 bits per heavy atom. The number of hydrogen-bond acceptors (Lipinski definition) is 3. The van der Waals surface area contributed by atoms with Crippen LogP contribution >= 0.6 is 0 Å². The van der Waals surface area contributed by atoms with Crippen LogP contribution in [-0.4, -0.2) is 37.6 Å². The van der Waals surface area contributed by atoms with E-state index < -0.39 is 0 Å². The molecule has 0 bridgehead atoms.